The fourth-order valence-corrected chi connectivity index (χ4v) is 2.11. The summed E-state index contributed by atoms with van der Waals surface area (Å²) >= 11 is 1.38. The van der Waals surface area contributed by atoms with Gasteiger partial charge in [0.05, 0.1) is 0 Å². The molecule has 0 aliphatic heterocycles. The molecule has 0 radical (unpaired) electrons. The maximum atomic E-state index is 11.6. The molecule has 0 bridgehead atoms. The number of carbonyl (C=O) groups excluding carboxylic acids is 1. The van der Waals surface area contributed by atoms with Gasteiger partial charge in [-0.15, -0.1) is 11.3 Å². The first-order chi connectivity index (χ1) is 8.69. The zero-order chi connectivity index (χ0) is 13.0. The number of aromatic nitrogens is 2. The van der Waals surface area contributed by atoms with Gasteiger partial charge in [-0.1, -0.05) is 6.07 Å². The number of thiazole rings is 1. The molecular weight excluding hydrogens is 248 g/mol. The van der Waals surface area contributed by atoms with E-state index < -0.39 is 0 Å². The molecule has 0 aromatic carbocycles. The topological polar surface area (TPSA) is 66.9 Å². The number of pyridine rings is 1. The number of hydrogen-bond donors (Lipinski definition) is 2. The summed E-state index contributed by atoms with van der Waals surface area (Å²) in [6.07, 6.45) is 0. The Bertz CT molecular complexity index is 553. The molecule has 1 amide bonds. The first-order valence-electron chi connectivity index (χ1n) is 5.63. The quantitative estimate of drug-likeness (QED) is 0.887. The molecular formula is C12H14N4OS. The van der Waals surface area contributed by atoms with Gasteiger partial charge in [0.25, 0.3) is 5.91 Å². The van der Waals surface area contributed by atoms with Gasteiger partial charge in [-0.3, -0.25) is 4.79 Å². The predicted octanol–water partition coefficient (Wildman–Crippen LogP) is 2.34. The van der Waals surface area contributed by atoms with E-state index in [1.54, 1.807) is 5.38 Å². The first kappa shape index (κ1) is 12.5. The Labute approximate surface area is 109 Å². The van der Waals surface area contributed by atoms with Gasteiger partial charge in [0.15, 0.2) is 5.13 Å². The van der Waals surface area contributed by atoms with Crippen LogP contribution in [0.25, 0.3) is 0 Å². The van der Waals surface area contributed by atoms with Gasteiger partial charge >= 0.3 is 0 Å². The van der Waals surface area contributed by atoms with Gasteiger partial charge < -0.3 is 10.6 Å². The Morgan fingerprint density at radius 2 is 2.22 bits per heavy atom. The Morgan fingerprint density at radius 3 is 2.94 bits per heavy atom. The second kappa shape index (κ2) is 5.59. The van der Waals surface area contributed by atoms with Crippen molar-refractivity contribution in [2.45, 2.75) is 13.8 Å². The number of hydrogen-bond acceptors (Lipinski definition) is 5. The number of rotatable bonds is 4. The highest BCUT2D eigenvalue weighted by molar-refractivity contribution is 7.14. The first-order valence-corrected chi connectivity index (χ1v) is 6.51. The van der Waals surface area contributed by atoms with Crippen molar-refractivity contribution in [3.8, 4) is 0 Å². The van der Waals surface area contributed by atoms with Gasteiger partial charge in [-0.05, 0) is 26.0 Å². The molecule has 2 rings (SSSR count). The second-order valence-electron chi connectivity index (χ2n) is 3.69. The molecule has 2 aromatic rings. The maximum Gasteiger partial charge on any atom is 0.270 e. The lowest BCUT2D eigenvalue weighted by molar-refractivity contribution is 0.0951. The minimum Gasteiger partial charge on any atom is -0.351 e. The summed E-state index contributed by atoms with van der Waals surface area (Å²) in [5.74, 6) is 0.575. The Hall–Kier alpha value is -1.95. The minimum absolute atomic E-state index is 0.154. The molecule has 0 fully saturated rings. The van der Waals surface area contributed by atoms with Gasteiger partial charge in [0, 0.05) is 17.6 Å². The molecule has 2 N–H and O–H groups in total. The molecule has 0 aliphatic rings. The summed E-state index contributed by atoms with van der Waals surface area (Å²) in [5.41, 5.74) is 1.36. The van der Waals surface area contributed by atoms with Crippen molar-refractivity contribution in [3.05, 3.63) is 35.0 Å². The highest BCUT2D eigenvalue weighted by Crippen LogP contribution is 2.19. The molecule has 0 atom stereocenters. The monoisotopic (exact) mass is 262 g/mol. The average Bonchev–Trinajstić information content (AvgIpc) is 2.78. The summed E-state index contributed by atoms with van der Waals surface area (Å²) in [4.78, 5) is 20.1. The fourth-order valence-electron chi connectivity index (χ4n) is 1.41. The fraction of sp³-hybridized carbons (Fsp3) is 0.250. The van der Waals surface area contributed by atoms with Crippen LogP contribution in [-0.2, 0) is 0 Å². The summed E-state index contributed by atoms with van der Waals surface area (Å²) < 4.78 is 0. The lowest BCUT2D eigenvalue weighted by atomic mass is 10.4. The third kappa shape index (κ3) is 3.04. The third-order valence-corrected chi connectivity index (χ3v) is 2.96. The number of nitrogens with one attached hydrogen (secondary N) is 2. The van der Waals surface area contributed by atoms with Crippen molar-refractivity contribution in [2.24, 2.45) is 0 Å². The van der Waals surface area contributed by atoms with E-state index in [1.165, 1.54) is 11.3 Å². The lowest BCUT2D eigenvalue weighted by Crippen LogP contribution is -2.22. The van der Waals surface area contributed by atoms with Crippen LogP contribution in [-0.4, -0.2) is 22.4 Å². The average molecular weight is 262 g/mol. The largest absolute Gasteiger partial charge is 0.351 e. The van der Waals surface area contributed by atoms with Crippen LogP contribution in [0.2, 0.25) is 0 Å². The van der Waals surface area contributed by atoms with E-state index in [0.29, 0.717) is 17.4 Å². The van der Waals surface area contributed by atoms with E-state index in [2.05, 4.69) is 20.6 Å². The van der Waals surface area contributed by atoms with E-state index in [9.17, 15) is 4.79 Å². The number of anilines is 2. The van der Waals surface area contributed by atoms with Crippen molar-refractivity contribution < 1.29 is 4.79 Å². The zero-order valence-electron chi connectivity index (χ0n) is 10.2. The van der Waals surface area contributed by atoms with Gasteiger partial charge in [0.2, 0.25) is 0 Å². The maximum absolute atomic E-state index is 11.6. The number of amides is 1. The predicted molar refractivity (Wildman–Crippen MR) is 72.4 cm³/mol. The van der Waals surface area contributed by atoms with E-state index in [1.807, 2.05) is 32.0 Å². The molecule has 0 saturated heterocycles. The van der Waals surface area contributed by atoms with Crippen LogP contribution < -0.4 is 10.6 Å². The van der Waals surface area contributed by atoms with Crippen LogP contribution in [0.15, 0.2) is 23.6 Å². The normalized spacial score (nSPS) is 10.1. The number of carbonyl (C=O) groups is 1. The van der Waals surface area contributed by atoms with Crippen molar-refractivity contribution in [2.75, 3.05) is 11.9 Å². The standard InChI is InChI=1S/C12H14N4OS/c1-3-13-11(17)9-7-18-12(15-9)16-10-6-4-5-8(2)14-10/h4-7H,3H2,1-2H3,(H,13,17)(H,14,15,16). The van der Waals surface area contributed by atoms with E-state index in [-0.39, 0.29) is 5.91 Å². The Balaban J connectivity index is 2.09. The number of aryl methyl sites for hydroxylation is 1. The molecule has 6 heteroatoms. The van der Waals surface area contributed by atoms with Crippen LogP contribution in [0.1, 0.15) is 23.1 Å². The second-order valence-corrected chi connectivity index (χ2v) is 4.54. The minimum atomic E-state index is -0.154. The molecule has 2 heterocycles. The van der Waals surface area contributed by atoms with E-state index in [4.69, 9.17) is 0 Å². The van der Waals surface area contributed by atoms with Crippen LogP contribution >= 0.6 is 11.3 Å². The molecule has 0 aliphatic carbocycles. The lowest BCUT2D eigenvalue weighted by Gasteiger charge is -2.01. The highest BCUT2D eigenvalue weighted by atomic mass is 32.1. The molecule has 0 saturated carbocycles. The molecule has 2 aromatic heterocycles. The van der Waals surface area contributed by atoms with Gasteiger partial charge in [-0.25, -0.2) is 9.97 Å². The van der Waals surface area contributed by atoms with Crippen LogP contribution in [0.5, 0.6) is 0 Å². The summed E-state index contributed by atoms with van der Waals surface area (Å²) in [5, 5.41) is 8.18. The van der Waals surface area contributed by atoms with Crippen LogP contribution in [0.4, 0.5) is 10.9 Å². The van der Waals surface area contributed by atoms with Gasteiger partial charge in [0.1, 0.15) is 11.5 Å². The van der Waals surface area contributed by atoms with Crippen molar-refractivity contribution in [1.82, 2.24) is 15.3 Å². The molecule has 5 nitrogen and oxygen atoms in total. The Kier molecular flexibility index (Phi) is 3.88. The molecule has 0 spiro atoms. The van der Waals surface area contributed by atoms with Crippen molar-refractivity contribution >= 4 is 28.2 Å². The Morgan fingerprint density at radius 1 is 1.39 bits per heavy atom. The summed E-state index contributed by atoms with van der Waals surface area (Å²) in [6.45, 7) is 4.39. The van der Waals surface area contributed by atoms with Crippen LogP contribution in [0, 0.1) is 6.92 Å². The van der Waals surface area contributed by atoms with E-state index >= 15 is 0 Å². The summed E-state index contributed by atoms with van der Waals surface area (Å²) in [7, 11) is 0. The molecule has 0 unspecified atom stereocenters. The summed E-state index contributed by atoms with van der Waals surface area (Å²) in [6, 6.07) is 5.70. The highest BCUT2D eigenvalue weighted by Gasteiger charge is 2.09. The number of nitrogens with zero attached hydrogens (tertiary/aromatic N) is 2. The van der Waals surface area contributed by atoms with Crippen molar-refractivity contribution in [3.63, 3.8) is 0 Å². The van der Waals surface area contributed by atoms with Gasteiger partial charge in [-0.2, -0.15) is 0 Å². The molecule has 18 heavy (non-hydrogen) atoms. The third-order valence-electron chi connectivity index (χ3n) is 2.20. The molecule has 94 valence electrons. The van der Waals surface area contributed by atoms with Crippen molar-refractivity contribution in [1.29, 1.82) is 0 Å². The smallest absolute Gasteiger partial charge is 0.270 e. The van der Waals surface area contributed by atoms with E-state index in [0.717, 1.165) is 11.5 Å². The van der Waals surface area contributed by atoms with Crippen LogP contribution in [0.3, 0.4) is 0 Å². The zero-order valence-corrected chi connectivity index (χ0v) is 11.0. The SMILES string of the molecule is CCNC(=O)c1csc(Nc2cccc(C)n2)n1.